The zero-order valence-electron chi connectivity index (χ0n) is 16.3. The third-order valence-corrected chi connectivity index (χ3v) is 6.99. The van der Waals surface area contributed by atoms with Crippen LogP contribution in [-0.4, -0.2) is 17.0 Å². The van der Waals surface area contributed by atoms with Crippen LogP contribution in [0.5, 0.6) is 5.75 Å². The molecule has 4 heteroatoms. The standard InChI is InChI=1S/C22H30ClNO2/c1-19(2,26-17-7-5-16(23)6-8-17)18(25)24-22-11-15-9-20(3,13-22)12-21(4,10-15)14-22/h5-8,15H,9-14H2,1-4H3,(H,24,25)/t15?,20-,21-,22?/m1/s1. The van der Waals surface area contributed by atoms with Crippen molar-refractivity contribution in [2.24, 2.45) is 16.7 Å². The molecule has 2 atom stereocenters. The maximum atomic E-state index is 13.2. The molecule has 1 aromatic rings. The lowest BCUT2D eigenvalue weighted by Gasteiger charge is -2.65. The van der Waals surface area contributed by atoms with E-state index < -0.39 is 5.60 Å². The molecule has 0 heterocycles. The molecule has 0 unspecified atom stereocenters. The third-order valence-electron chi connectivity index (χ3n) is 6.74. The van der Waals surface area contributed by atoms with E-state index in [2.05, 4.69) is 19.2 Å². The molecule has 3 nitrogen and oxygen atoms in total. The number of benzene rings is 1. The smallest absolute Gasteiger partial charge is 0.264 e. The fourth-order valence-electron chi connectivity index (χ4n) is 6.82. The first-order chi connectivity index (χ1) is 12.0. The first kappa shape index (κ1) is 18.2. The van der Waals surface area contributed by atoms with Gasteiger partial charge < -0.3 is 10.1 Å². The molecule has 142 valence electrons. The average molecular weight is 376 g/mol. The van der Waals surface area contributed by atoms with Crippen LogP contribution in [0.25, 0.3) is 0 Å². The van der Waals surface area contributed by atoms with E-state index in [-0.39, 0.29) is 11.4 Å². The number of hydrogen-bond acceptors (Lipinski definition) is 2. The van der Waals surface area contributed by atoms with Gasteiger partial charge in [0.2, 0.25) is 0 Å². The normalized spacial score (nSPS) is 38.3. The maximum Gasteiger partial charge on any atom is 0.264 e. The van der Waals surface area contributed by atoms with Crippen LogP contribution in [0.1, 0.15) is 66.2 Å². The number of rotatable bonds is 4. The van der Waals surface area contributed by atoms with E-state index in [1.54, 1.807) is 12.1 Å². The topological polar surface area (TPSA) is 38.3 Å². The molecule has 1 N–H and O–H groups in total. The van der Waals surface area contributed by atoms with Gasteiger partial charge in [-0.05, 0) is 93.4 Å². The van der Waals surface area contributed by atoms with Crippen LogP contribution in [-0.2, 0) is 4.79 Å². The number of amides is 1. The van der Waals surface area contributed by atoms with Gasteiger partial charge in [-0.15, -0.1) is 0 Å². The van der Waals surface area contributed by atoms with Crippen LogP contribution >= 0.6 is 11.6 Å². The molecule has 26 heavy (non-hydrogen) atoms. The second kappa shape index (κ2) is 5.64. The zero-order chi connectivity index (χ0) is 18.8. The summed E-state index contributed by atoms with van der Waals surface area (Å²) in [4.78, 5) is 13.2. The minimum atomic E-state index is -0.918. The highest BCUT2D eigenvalue weighted by molar-refractivity contribution is 6.30. The fourth-order valence-corrected chi connectivity index (χ4v) is 6.95. The summed E-state index contributed by atoms with van der Waals surface area (Å²) >= 11 is 5.94. The van der Waals surface area contributed by atoms with Crippen molar-refractivity contribution in [3.63, 3.8) is 0 Å². The number of halogens is 1. The van der Waals surface area contributed by atoms with Crippen molar-refractivity contribution >= 4 is 17.5 Å². The van der Waals surface area contributed by atoms with Gasteiger partial charge in [-0.3, -0.25) is 4.79 Å². The summed E-state index contributed by atoms with van der Waals surface area (Å²) in [6.07, 6.45) is 7.29. The van der Waals surface area contributed by atoms with Crippen LogP contribution in [0.2, 0.25) is 5.02 Å². The van der Waals surface area contributed by atoms with Crippen LogP contribution in [0, 0.1) is 16.7 Å². The van der Waals surface area contributed by atoms with Gasteiger partial charge in [-0.2, -0.15) is 0 Å². The summed E-state index contributed by atoms with van der Waals surface area (Å²) in [5.74, 6) is 1.41. The number of ether oxygens (including phenoxy) is 1. The van der Waals surface area contributed by atoms with Crippen molar-refractivity contribution in [2.45, 2.75) is 77.4 Å². The first-order valence-corrected chi connectivity index (χ1v) is 10.2. The van der Waals surface area contributed by atoms with Crippen molar-refractivity contribution in [3.8, 4) is 5.75 Å². The third kappa shape index (κ3) is 3.24. The second-order valence-electron chi connectivity index (χ2n) is 10.4. The van der Waals surface area contributed by atoms with Gasteiger partial charge in [0, 0.05) is 10.6 Å². The minimum Gasteiger partial charge on any atom is -0.478 e. The Morgan fingerprint density at radius 1 is 1.08 bits per heavy atom. The summed E-state index contributed by atoms with van der Waals surface area (Å²) in [5.41, 5.74) is -0.217. The molecule has 5 rings (SSSR count). The lowest BCUT2D eigenvalue weighted by Crippen LogP contribution is -2.67. The first-order valence-electron chi connectivity index (χ1n) is 9.78. The Hall–Kier alpha value is -1.22. The van der Waals surface area contributed by atoms with E-state index in [0.29, 0.717) is 21.6 Å². The predicted molar refractivity (Wildman–Crippen MR) is 104 cm³/mol. The Kier molecular flexibility index (Phi) is 3.94. The largest absolute Gasteiger partial charge is 0.478 e. The summed E-state index contributed by atoms with van der Waals surface area (Å²) in [6, 6.07) is 7.19. The average Bonchev–Trinajstić information content (AvgIpc) is 2.45. The Balaban J connectivity index is 1.51. The minimum absolute atomic E-state index is 0.0124. The Morgan fingerprint density at radius 3 is 2.19 bits per heavy atom. The Labute approximate surface area is 161 Å². The van der Waals surface area contributed by atoms with Gasteiger partial charge in [0.25, 0.3) is 5.91 Å². The number of hydrogen-bond donors (Lipinski definition) is 1. The molecule has 4 aliphatic rings. The van der Waals surface area contributed by atoms with Crippen molar-refractivity contribution in [1.29, 1.82) is 0 Å². The summed E-state index contributed by atoms with van der Waals surface area (Å²) in [7, 11) is 0. The lowest BCUT2D eigenvalue weighted by molar-refractivity contribution is -0.150. The highest BCUT2D eigenvalue weighted by Crippen LogP contribution is 2.66. The molecule has 0 saturated heterocycles. The summed E-state index contributed by atoms with van der Waals surface area (Å²) < 4.78 is 6.01. The van der Waals surface area contributed by atoms with E-state index >= 15 is 0 Å². The van der Waals surface area contributed by atoms with Gasteiger partial charge in [0.05, 0.1) is 0 Å². The lowest BCUT2D eigenvalue weighted by atomic mass is 9.42. The highest BCUT2D eigenvalue weighted by Gasteiger charge is 2.61. The highest BCUT2D eigenvalue weighted by atomic mass is 35.5. The molecule has 0 radical (unpaired) electrons. The summed E-state index contributed by atoms with van der Waals surface area (Å²) in [6.45, 7) is 8.54. The monoisotopic (exact) mass is 375 g/mol. The number of nitrogens with one attached hydrogen (secondary N) is 1. The van der Waals surface area contributed by atoms with Crippen molar-refractivity contribution in [1.82, 2.24) is 5.32 Å². The molecule has 4 aliphatic carbocycles. The molecule has 0 aromatic heterocycles. The van der Waals surface area contributed by atoms with Crippen LogP contribution in [0.15, 0.2) is 24.3 Å². The number of carbonyl (C=O) groups excluding carboxylic acids is 1. The maximum absolute atomic E-state index is 13.2. The van der Waals surface area contributed by atoms with Crippen LogP contribution in [0.3, 0.4) is 0 Å². The molecule has 0 spiro atoms. The molecular formula is C22H30ClNO2. The van der Waals surface area contributed by atoms with Gasteiger partial charge in [0.15, 0.2) is 5.60 Å². The SMILES string of the molecule is CC(C)(Oc1ccc(Cl)cc1)C(=O)NC12CC3C[C@@](C)(C1)C[C@@](C)(C3)C2. The molecule has 1 aromatic carbocycles. The van der Waals surface area contributed by atoms with Crippen molar-refractivity contribution in [2.75, 3.05) is 0 Å². The van der Waals surface area contributed by atoms with E-state index in [1.807, 2.05) is 26.0 Å². The molecule has 1 amide bonds. The molecular weight excluding hydrogens is 346 g/mol. The zero-order valence-corrected chi connectivity index (χ0v) is 17.1. The molecule has 4 saturated carbocycles. The number of carbonyl (C=O) groups is 1. The summed E-state index contributed by atoms with van der Waals surface area (Å²) in [5, 5.41) is 4.12. The van der Waals surface area contributed by atoms with E-state index in [9.17, 15) is 4.79 Å². The Morgan fingerprint density at radius 2 is 1.65 bits per heavy atom. The molecule has 0 aliphatic heterocycles. The van der Waals surface area contributed by atoms with Crippen LogP contribution < -0.4 is 10.1 Å². The second-order valence-corrected chi connectivity index (χ2v) is 10.9. The van der Waals surface area contributed by atoms with Crippen molar-refractivity contribution < 1.29 is 9.53 Å². The van der Waals surface area contributed by atoms with Crippen molar-refractivity contribution in [3.05, 3.63) is 29.3 Å². The van der Waals surface area contributed by atoms with E-state index in [0.717, 1.165) is 25.2 Å². The molecule has 4 fully saturated rings. The van der Waals surface area contributed by atoms with E-state index in [4.69, 9.17) is 16.3 Å². The van der Waals surface area contributed by atoms with E-state index in [1.165, 1.54) is 19.3 Å². The van der Waals surface area contributed by atoms with Gasteiger partial charge >= 0.3 is 0 Å². The quantitative estimate of drug-likeness (QED) is 0.768. The van der Waals surface area contributed by atoms with Gasteiger partial charge in [-0.1, -0.05) is 25.4 Å². The Bertz CT molecular complexity index is 708. The fraction of sp³-hybridized carbons (Fsp3) is 0.682. The molecule has 4 bridgehead atoms. The predicted octanol–water partition coefficient (Wildman–Crippen LogP) is 5.36. The van der Waals surface area contributed by atoms with Gasteiger partial charge in [0.1, 0.15) is 5.75 Å². The van der Waals surface area contributed by atoms with Crippen LogP contribution in [0.4, 0.5) is 0 Å². The van der Waals surface area contributed by atoms with Gasteiger partial charge in [-0.25, -0.2) is 0 Å².